The van der Waals surface area contributed by atoms with Gasteiger partial charge in [-0.1, -0.05) is 11.6 Å². The Morgan fingerprint density at radius 2 is 1.76 bits per heavy atom. The standard InChI is InChI=1S/C18H22ClNO5/c19-14-1-3-15(4-2-14)25-18(17(22)23)7-9-20(10-8-18)16(21)13-5-11-24-12-6-13/h1-4,13H,5-12H2,(H,22,23). The summed E-state index contributed by atoms with van der Waals surface area (Å²) in [5.41, 5.74) is -1.31. The topological polar surface area (TPSA) is 76.1 Å². The second kappa shape index (κ2) is 7.62. The number of carboxylic acids is 1. The lowest BCUT2D eigenvalue weighted by molar-refractivity contribution is -0.162. The number of carbonyl (C=O) groups excluding carboxylic acids is 1. The number of hydrogen-bond acceptors (Lipinski definition) is 4. The zero-order chi connectivity index (χ0) is 17.9. The van der Waals surface area contributed by atoms with Crippen molar-refractivity contribution in [2.75, 3.05) is 26.3 Å². The van der Waals surface area contributed by atoms with Crippen molar-refractivity contribution in [3.05, 3.63) is 29.3 Å². The van der Waals surface area contributed by atoms with E-state index in [-0.39, 0.29) is 24.7 Å². The van der Waals surface area contributed by atoms with E-state index in [2.05, 4.69) is 0 Å². The maximum Gasteiger partial charge on any atom is 0.348 e. The Morgan fingerprint density at radius 3 is 2.32 bits per heavy atom. The first kappa shape index (κ1) is 18.0. The van der Waals surface area contributed by atoms with Crippen molar-refractivity contribution >= 4 is 23.5 Å². The van der Waals surface area contributed by atoms with Gasteiger partial charge in [0.1, 0.15) is 5.75 Å². The number of piperidine rings is 1. The lowest BCUT2D eigenvalue weighted by Crippen LogP contribution is -2.55. The number of aliphatic carboxylic acids is 1. The third-order valence-electron chi connectivity index (χ3n) is 4.97. The van der Waals surface area contributed by atoms with Crippen LogP contribution in [0, 0.1) is 5.92 Å². The number of halogens is 1. The SMILES string of the molecule is O=C(C1CCOCC1)N1CCC(Oc2ccc(Cl)cc2)(C(=O)O)CC1. The van der Waals surface area contributed by atoms with Crippen LogP contribution in [0.15, 0.2) is 24.3 Å². The summed E-state index contributed by atoms with van der Waals surface area (Å²) in [5, 5.41) is 10.3. The zero-order valence-corrected chi connectivity index (χ0v) is 14.7. The molecule has 0 atom stereocenters. The Hall–Kier alpha value is -1.79. The van der Waals surface area contributed by atoms with E-state index in [0.29, 0.717) is 37.1 Å². The van der Waals surface area contributed by atoms with Gasteiger partial charge in [0.15, 0.2) is 0 Å². The van der Waals surface area contributed by atoms with Gasteiger partial charge in [-0.2, -0.15) is 0 Å². The molecule has 1 aromatic carbocycles. The second-order valence-corrected chi connectivity index (χ2v) is 7.00. The first-order valence-electron chi connectivity index (χ1n) is 8.55. The molecule has 1 amide bonds. The predicted octanol–water partition coefficient (Wildman–Crippen LogP) is 2.59. The van der Waals surface area contributed by atoms with Gasteiger partial charge in [-0.15, -0.1) is 0 Å². The monoisotopic (exact) mass is 367 g/mol. The summed E-state index contributed by atoms with van der Waals surface area (Å²) in [6, 6.07) is 6.64. The highest BCUT2D eigenvalue weighted by Gasteiger charge is 2.45. The molecule has 3 rings (SSSR count). The minimum atomic E-state index is -1.31. The molecule has 1 N–H and O–H groups in total. The van der Waals surface area contributed by atoms with Crippen LogP contribution in [-0.4, -0.2) is 53.8 Å². The fraction of sp³-hybridized carbons (Fsp3) is 0.556. The van der Waals surface area contributed by atoms with Crippen LogP contribution in [0.25, 0.3) is 0 Å². The molecular weight excluding hydrogens is 346 g/mol. The number of nitrogens with zero attached hydrogens (tertiary/aromatic N) is 1. The third-order valence-corrected chi connectivity index (χ3v) is 5.22. The van der Waals surface area contributed by atoms with Crippen LogP contribution in [0.1, 0.15) is 25.7 Å². The molecule has 0 unspecified atom stereocenters. The molecule has 0 aromatic heterocycles. The maximum absolute atomic E-state index is 12.6. The number of benzene rings is 1. The van der Waals surface area contributed by atoms with Crippen molar-refractivity contribution in [2.24, 2.45) is 5.92 Å². The van der Waals surface area contributed by atoms with Crippen molar-refractivity contribution in [3.8, 4) is 5.75 Å². The van der Waals surface area contributed by atoms with Gasteiger partial charge in [0.05, 0.1) is 0 Å². The smallest absolute Gasteiger partial charge is 0.348 e. The molecule has 0 radical (unpaired) electrons. The Kier molecular flexibility index (Phi) is 5.49. The summed E-state index contributed by atoms with van der Waals surface area (Å²) >= 11 is 5.85. The summed E-state index contributed by atoms with van der Waals surface area (Å²) in [6.07, 6.45) is 2.00. The molecule has 25 heavy (non-hydrogen) atoms. The number of likely N-dealkylation sites (tertiary alicyclic amines) is 1. The lowest BCUT2D eigenvalue weighted by atomic mass is 9.89. The van der Waals surface area contributed by atoms with E-state index < -0.39 is 11.6 Å². The Balaban J connectivity index is 1.64. The average Bonchev–Trinajstić information content (AvgIpc) is 2.64. The van der Waals surface area contributed by atoms with E-state index in [1.807, 2.05) is 0 Å². The Bertz CT molecular complexity index is 619. The number of rotatable bonds is 4. The Labute approximate surface area is 151 Å². The lowest BCUT2D eigenvalue weighted by Gasteiger charge is -2.40. The first-order chi connectivity index (χ1) is 12.0. The van der Waals surface area contributed by atoms with Crippen molar-refractivity contribution in [3.63, 3.8) is 0 Å². The second-order valence-electron chi connectivity index (χ2n) is 6.57. The number of carbonyl (C=O) groups is 2. The first-order valence-corrected chi connectivity index (χ1v) is 8.92. The van der Waals surface area contributed by atoms with E-state index >= 15 is 0 Å². The minimum Gasteiger partial charge on any atom is -0.478 e. The van der Waals surface area contributed by atoms with E-state index in [1.54, 1.807) is 29.2 Å². The van der Waals surface area contributed by atoms with Crippen LogP contribution in [0.2, 0.25) is 5.02 Å². The molecule has 0 aliphatic carbocycles. The van der Waals surface area contributed by atoms with Crippen molar-refractivity contribution < 1.29 is 24.2 Å². The summed E-state index contributed by atoms with van der Waals surface area (Å²) in [4.78, 5) is 26.2. The summed E-state index contributed by atoms with van der Waals surface area (Å²) in [5.74, 6) is -0.436. The van der Waals surface area contributed by atoms with Crippen LogP contribution in [0.5, 0.6) is 5.75 Å². The summed E-state index contributed by atoms with van der Waals surface area (Å²) in [6.45, 7) is 2.00. The molecular formula is C18H22ClNO5. The van der Waals surface area contributed by atoms with Crippen molar-refractivity contribution in [1.29, 1.82) is 0 Å². The van der Waals surface area contributed by atoms with Gasteiger partial charge in [-0.3, -0.25) is 4.79 Å². The van der Waals surface area contributed by atoms with Gasteiger partial charge in [0.2, 0.25) is 11.5 Å². The highest BCUT2D eigenvalue weighted by Crippen LogP contribution is 2.31. The molecule has 1 aromatic rings. The number of ether oxygens (including phenoxy) is 2. The van der Waals surface area contributed by atoms with Gasteiger partial charge < -0.3 is 19.5 Å². The molecule has 2 aliphatic rings. The number of hydrogen-bond donors (Lipinski definition) is 1. The molecule has 2 saturated heterocycles. The van der Waals surface area contributed by atoms with E-state index in [1.165, 1.54) is 0 Å². The van der Waals surface area contributed by atoms with Crippen LogP contribution in [0.4, 0.5) is 0 Å². The van der Waals surface area contributed by atoms with Crippen molar-refractivity contribution in [1.82, 2.24) is 4.90 Å². The van der Waals surface area contributed by atoms with Crippen LogP contribution in [-0.2, 0) is 14.3 Å². The number of amides is 1. The normalized spacial score (nSPS) is 20.9. The molecule has 7 heteroatoms. The molecule has 6 nitrogen and oxygen atoms in total. The highest BCUT2D eigenvalue weighted by atomic mass is 35.5. The van der Waals surface area contributed by atoms with Gasteiger partial charge in [-0.25, -0.2) is 4.79 Å². The fourth-order valence-corrected chi connectivity index (χ4v) is 3.50. The quantitative estimate of drug-likeness (QED) is 0.885. The van der Waals surface area contributed by atoms with Crippen molar-refractivity contribution in [2.45, 2.75) is 31.3 Å². The van der Waals surface area contributed by atoms with Crippen LogP contribution in [0.3, 0.4) is 0 Å². The largest absolute Gasteiger partial charge is 0.478 e. The third kappa shape index (κ3) is 4.07. The van der Waals surface area contributed by atoms with Gasteiger partial charge in [-0.05, 0) is 37.1 Å². The van der Waals surface area contributed by atoms with E-state index in [0.717, 1.165) is 12.8 Å². The molecule has 0 saturated carbocycles. The Morgan fingerprint density at radius 1 is 1.16 bits per heavy atom. The van der Waals surface area contributed by atoms with Gasteiger partial charge in [0.25, 0.3) is 0 Å². The summed E-state index contributed by atoms with van der Waals surface area (Å²) < 4.78 is 11.1. The molecule has 2 aliphatic heterocycles. The van der Waals surface area contributed by atoms with Crippen LogP contribution < -0.4 is 4.74 Å². The van der Waals surface area contributed by atoms with E-state index in [4.69, 9.17) is 21.1 Å². The molecule has 2 fully saturated rings. The molecule has 2 heterocycles. The fourth-order valence-electron chi connectivity index (χ4n) is 3.38. The maximum atomic E-state index is 12.6. The van der Waals surface area contributed by atoms with E-state index in [9.17, 15) is 14.7 Å². The number of carboxylic acid groups (broad SMARTS) is 1. The molecule has 0 spiro atoms. The summed E-state index contributed by atoms with van der Waals surface area (Å²) in [7, 11) is 0. The minimum absolute atomic E-state index is 0.0109. The predicted molar refractivity (Wildman–Crippen MR) is 91.8 cm³/mol. The average molecular weight is 368 g/mol. The van der Waals surface area contributed by atoms with Gasteiger partial charge >= 0.3 is 5.97 Å². The highest BCUT2D eigenvalue weighted by molar-refractivity contribution is 6.30. The van der Waals surface area contributed by atoms with Crippen LogP contribution >= 0.6 is 11.6 Å². The van der Waals surface area contributed by atoms with Gasteiger partial charge in [0, 0.05) is 50.1 Å². The molecule has 136 valence electrons. The zero-order valence-electron chi connectivity index (χ0n) is 13.9. The molecule has 0 bridgehead atoms.